The summed E-state index contributed by atoms with van der Waals surface area (Å²) in [6, 6.07) is 1.95. The Bertz CT molecular complexity index is 269. The Morgan fingerprint density at radius 2 is 2.46 bits per heavy atom. The summed E-state index contributed by atoms with van der Waals surface area (Å²) in [7, 11) is 0. The summed E-state index contributed by atoms with van der Waals surface area (Å²) in [5.41, 5.74) is 5.07. The Hall–Kier alpha value is -1.57. The summed E-state index contributed by atoms with van der Waals surface area (Å²) in [5, 5.41) is 8.31. The second kappa shape index (κ2) is 3.90. The Morgan fingerprint density at radius 3 is 2.92 bits per heavy atom. The van der Waals surface area contributed by atoms with E-state index < -0.39 is 5.91 Å². The number of amides is 2. The fourth-order valence-corrected chi connectivity index (χ4v) is 1.36. The molecule has 1 unspecified atom stereocenters. The molecule has 13 heavy (non-hydrogen) atoms. The minimum Gasteiger partial charge on any atom is -0.369 e. The van der Waals surface area contributed by atoms with Crippen molar-refractivity contribution in [1.82, 2.24) is 4.90 Å². The number of nitrogens with zero attached hydrogens (tertiary/aromatic N) is 2. The van der Waals surface area contributed by atoms with Crippen molar-refractivity contribution >= 4 is 11.8 Å². The number of carbonyl (C=O) groups is 2. The van der Waals surface area contributed by atoms with E-state index in [4.69, 9.17) is 11.0 Å². The lowest BCUT2D eigenvalue weighted by atomic mass is 10.1. The summed E-state index contributed by atoms with van der Waals surface area (Å²) in [6.45, 7) is 0.773. The van der Waals surface area contributed by atoms with Crippen LogP contribution in [-0.2, 0) is 9.59 Å². The maximum atomic E-state index is 11.2. The van der Waals surface area contributed by atoms with E-state index in [0.717, 1.165) is 0 Å². The molecule has 5 heteroatoms. The van der Waals surface area contributed by atoms with Crippen LogP contribution in [0, 0.1) is 17.2 Å². The Balaban J connectivity index is 2.47. The molecule has 1 rings (SSSR count). The zero-order valence-corrected chi connectivity index (χ0v) is 7.19. The lowest BCUT2D eigenvalue weighted by Gasteiger charge is -2.13. The smallest absolute Gasteiger partial charge is 0.223 e. The van der Waals surface area contributed by atoms with Gasteiger partial charge in [0.15, 0.2) is 0 Å². The first-order valence-electron chi connectivity index (χ1n) is 4.09. The van der Waals surface area contributed by atoms with Crippen LogP contribution in [0.2, 0.25) is 0 Å². The number of nitriles is 1. The van der Waals surface area contributed by atoms with E-state index in [1.807, 2.05) is 6.07 Å². The van der Waals surface area contributed by atoms with E-state index in [2.05, 4.69) is 0 Å². The molecule has 0 aliphatic carbocycles. The maximum absolute atomic E-state index is 11.2. The van der Waals surface area contributed by atoms with Gasteiger partial charge in [-0.1, -0.05) is 0 Å². The third kappa shape index (κ3) is 2.18. The highest BCUT2D eigenvalue weighted by Gasteiger charge is 2.32. The molecule has 1 saturated heterocycles. The van der Waals surface area contributed by atoms with Crippen molar-refractivity contribution in [1.29, 1.82) is 5.26 Å². The van der Waals surface area contributed by atoms with Gasteiger partial charge in [-0.15, -0.1) is 0 Å². The molecule has 0 radical (unpaired) electrons. The third-order valence-electron chi connectivity index (χ3n) is 2.11. The number of carbonyl (C=O) groups excluding carboxylic acids is 2. The average Bonchev–Trinajstić information content (AvgIpc) is 2.44. The van der Waals surface area contributed by atoms with E-state index in [1.54, 1.807) is 0 Å². The van der Waals surface area contributed by atoms with Crippen LogP contribution >= 0.6 is 0 Å². The van der Waals surface area contributed by atoms with Crippen LogP contribution in [-0.4, -0.2) is 29.8 Å². The molecule has 1 heterocycles. The number of rotatable bonds is 3. The van der Waals surface area contributed by atoms with Gasteiger partial charge in [0.25, 0.3) is 0 Å². The number of nitrogens with two attached hydrogens (primary N) is 1. The molecule has 0 aromatic rings. The summed E-state index contributed by atoms with van der Waals surface area (Å²) in [5.74, 6) is -0.891. The quantitative estimate of drug-likeness (QED) is 0.620. The zero-order chi connectivity index (χ0) is 9.84. The number of hydrogen-bond donors (Lipinski definition) is 1. The van der Waals surface area contributed by atoms with Crippen LogP contribution in [0.3, 0.4) is 0 Å². The van der Waals surface area contributed by atoms with Crippen molar-refractivity contribution in [2.45, 2.75) is 12.8 Å². The Labute approximate surface area is 76.1 Å². The predicted molar refractivity (Wildman–Crippen MR) is 44.1 cm³/mol. The number of likely N-dealkylation sites (tertiary alicyclic amines) is 1. The second-order valence-electron chi connectivity index (χ2n) is 3.05. The van der Waals surface area contributed by atoms with Crippen molar-refractivity contribution in [3.8, 4) is 6.07 Å². The minimum atomic E-state index is -0.437. The number of primary amides is 1. The van der Waals surface area contributed by atoms with E-state index in [1.165, 1.54) is 4.90 Å². The Kier molecular flexibility index (Phi) is 2.85. The SMILES string of the molecule is N#CCCN1CC(C(N)=O)CC1=O. The van der Waals surface area contributed by atoms with E-state index in [0.29, 0.717) is 19.5 Å². The highest BCUT2D eigenvalue weighted by atomic mass is 16.2. The Morgan fingerprint density at radius 1 is 1.77 bits per heavy atom. The molecule has 2 amide bonds. The van der Waals surface area contributed by atoms with Gasteiger partial charge < -0.3 is 10.6 Å². The van der Waals surface area contributed by atoms with Crippen molar-refractivity contribution in [3.05, 3.63) is 0 Å². The van der Waals surface area contributed by atoms with Gasteiger partial charge in [0, 0.05) is 19.5 Å². The molecular weight excluding hydrogens is 170 g/mol. The van der Waals surface area contributed by atoms with Crippen molar-refractivity contribution in [2.75, 3.05) is 13.1 Å². The highest BCUT2D eigenvalue weighted by Crippen LogP contribution is 2.16. The molecule has 1 fully saturated rings. The summed E-state index contributed by atoms with van der Waals surface area (Å²) in [4.78, 5) is 23.5. The van der Waals surface area contributed by atoms with E-state index >= 15 is 0 Å². The second-order valence-corrected chi connectivity index (χ2v) is 3.05. The lowest BCUT2D eigenvalue weighted by molar-refractivity contribution is -0.128. The van der Waals surface area contributed by atoms with Crippen molar-refractivity contribution in [2.24, 2.45) is 11.7 Å². The molecule has 1 atom stereocenters. The van der Waals surface area contributed by atoms with E-state index in [-0.39, 0.29) is 18.2 Å². The molecule has 70 valence electrons. The molecule has 0 aromatic heterocycles. The van der Waals surface area contributed by atoms with Crippen molar-refractivity contribution in [3.63, 3.8) is 0 Å². The molecular formula is C8H11N3O2. The summed E-state index contributed by atoms with van der Waals surface area (Å²) < 4.78 is 0. The van der Waals surface area contributed by atoms with Gasteiger partial charge in [-0.3, -0.25) is 9.59 Å². The standard InChI is InChI=1S/C8H11N3O2/c9-2-1-3-11-5-6(8(10)13)4-7(11)12/h6H,1,3-5H2,(H2,10,13). The van der Waals surface area contributed by atoms with Gasteiger partial charge in [-0.2, -0.15) is 5.26 Å². The molecule has 2 N–H and O–H groups in total. The fraction of sp³-hybridized carbons (Fsp3) is 0.625. The van der Waals surface area contributed by atoms with Gasteiger partial charge in [0.05, 0.1) is 18.4 Å². The van der Waals surface area contributed by atoms with Gasteiger partial charge in [0.2, 0.25) is 11.8 Å². The molecule has 5 nitrogen and oxygen atoms in total. The van der Waals surface area contributed by atoms with Gasteiger partial charge in [0.1, 0.15) is 0 Å². The molecule has 0 aromatic carbocycles. The fourth-order valence-electron chi connectivity index (χ4n) is 1.36. The van der Waals surface area contributed by atoms with Gasteiger partial charge >= 0.3 is 0 Å². The van der Waals surface area contributed by atoms with Crippen LogP contribution < -0.4 is 5.73 Å². The minimum absolute atomic E-state index is 0.0842. The van der Waals surface area contributed by atoms with Gasteiger partial charge in [-0.05, 0) is 0 Å². The first-order chi connectivity index (χ1) is 6.15. The van der Waals surface area contributed by atoms with Crippen LogP contribution in [0.5, 0.6) is 0 Å². The monoisotopic (exact) mass is 181 g/mol. The number of hydrogen-bond acceptors (Lipinski definition) is 3. The molecule has 0 bridgehead atoms. The predicted octanol–water partition coefficient (Wildman–Crippen LogP) is -0.766. The zero-order valence-electron chi connectivity index (χ0n) is 7.19. The average molecular weight is 181 g/mol. The maximum Gasteiger partial charge on any atom is 0.223 e. The molecule has 1 aliphatic rings. The van der Waals surface area contributed by atoms with Crippen LogP contribution in [0.25, 0.3) is 0 Å². The molecule has 1 aliphatic heterocycles. The first kappa shape index (κ1) is 9.52. The van der Waals surface area contributed by atoms with Crippen LogP contribution in [0.15, 0.2) is 0 Å². The third-order valence-corrected chi connectivity index (χ3v) is 2.11. The highest BCUT2D eigenvalue weighted by molar-refractivity contribution is 5.88. The normalized spacial score (nSPS) is 21.6. The summed E-state index contributed by atoms with van der Waals surface area (Å²) in [6.07, 6.45) is 0.498. The van der Waals surface area contributed by atoms with Gasteiger partial charge in [-0.25, -0.2) is 0 Å². The first-order valence-corrected chi connectivity index (χ1v) is 4.09. The lowest BCUT2D eigenvalue weighted by Crippen LogP contribution is -2.29. The van der Waals surface area contributed by atoms with E-state index in [9.17, 15) is 9.59 Å². The topological polar surface area (TPSA) is 87.2 Å². The van der Waals surface area contributed by atoms with Crippen LogP contribution in [0.1, 0.15) is 12.8 Å². The van der Waals surface area contributed by atoms with Crippen LogP contribution in [0.4, 0.5) is 0 Å². The molecule has 0 saturated carbocycles. The van der Waals surface area contributed by atoms with Crippen molar-refractivity contribution < 1.29 is 9.59 Å². The summed E-state index contributed by atoms with van der Waals surface area (Å²) >= 11 is 0. The molecule has 0 spiro atoms. The largest absolute Gasteiger partial charge is 0.369 e.